The second-order valence-corrected chi connectivity index (χ2v) is 4.75. The van der Waals surface area contributed by atoms with Crippen molar-refractivity contribution >= 4 is 17.6 Å². The van der Waals surface area contributed by atoms with Gasteiger partial charge in [0.2, 0.25) is 5.91 Å². The first-order chi connectivity index (χ1) is 9.72. The molecule has 0 N–H and O–H groups in total. The maximum absolute atomic E-state index is 12.0. The largest absolute Gasteiger partial charge is 0.465 e. The van der Waals surface area contributed by atoms with Gasteiger partial charge >= 0.3 is 5.97 Å². The van der Waals surface area contributed by atoms with Gasteiger partial charge in [-0.05, 0) is 12.1 Å². The lowest BCUT2D eigenvalue weighted by atomic mass is 10.1. The Hall–Kier alpha value is -1.88. The lowest BCUT2D eigenvalue weighted by molar-refractivity contribution is -0.148. The van der Waals surface area contributed by atoms with Crippen molar-refractivity contribution in [2.24, 2.45) is 5.92 Å². The number of hydrogen-bond acceptors (Lipinski definition) is 4. The summed E-state index contributed by atoms with van der Waals surface area (Å²) < 4.78 is 10.1. The summed E-state index contributed by atoms with van der Waals surface area (Å²) in [5.41, 5.74) is 0.826. The number of rotatable bonds is 6. The predicted octanol–water partition coefficient (Wildman–Crippen LogP) is 1.62. The molecule has 0 unspecified atom stereocenters. The average Bonchev–Trinajstić information content (AvgIpc) is 2.86. The van der Waals surface area contributed by atoms with Crippen LogP contribution in [0.4, 0.5) is 5.69 Å². The van der Waals surface area contributed by atoms with Gasteiger partial charge in [0.1, 0.15) is 0 Å². The number of ether oxygens (including phenoxy) is 2. The number of carbonyl (C=O) groups excluding carboxylic acids is 2. The molecule has 1 heterocycles. The van der Waals surface area contributed by atoms with Crippen molar-refractivity contribution in [1.29, 1.82) is 0 Å². The lowest BCUT2D eigenvalue weighted by Gasteiger charge is -2.16. The van der Waals surface area contributed by atoms with Crippen LogP contribution in [0.1, 0.15) is 12.8 Å². The van der Waals surface area contributed by atoms with Gasteiger partial charge in [0, 0.05) is 38.8 Å². The number of esters is 1. The predicted molar refractivity (Wildman–Crippen MR) is 74.4 cm³/mol. The van der Waals surface area contributed by atoms with Crippen LogP contribution in [0.2, 0.25) is 0 Å². The second-order valence-electron chi connectivity index (χ2n) is 4.75. The third kappa shape index (κ3) is 3.57. The molecule has 0 spiro atoms. The van der Waals surface area contributed by atoms with Crippen molar-refractivity contribution < 1.29 is 19.1 Å². The van der Waals surface area contributed by atoms with E-state index in [9.17, 15) is 9.59 Å². The molecule has 0 bridgehead atoms. The topological polar surface area (TPSA) is 55.8 Å². The van der Waals surface area contributed by atoms with Gasteiger partial charge in [0.15, 0.2) is 0 Å². The maximum atomic E-state index is 12.0. The molecule has 0 aromatic heterocycles. The monoisotopic (exact) mass is 277 g/mol. The van der Waals surface area contributed by atoms with Gasteiger partial charge in [-0.3, -0.25) is 9.59 Å². The van der Waals surface area contributed by atoms with Crippen LogP contribution in [0.5, 0.6) is 0 Å². The molecule has 1 aromatic rings. The Morgan fingerprint density at radius 3 is 2.75 bits per heavy atom. The zero-order chi connectivity index (χ0) is 14.4. The molecule has 1 fully saturated rings. The first-order valence-electron chi connectivity index (χ1n) is 6.73. The van der Waals surface area contributed by atoms with E-state index in [0.29, 0.717) is 26.2 Å². The first-order valence-corrected chi connectivity index (χ1v) is 6.73. The molecule has 1 saturated heterocycles. The summed E-state index contributed by atoms with van der Waals surface area (Å²) in [6, 6.07) is 9.37. The third-order valence-electron chi connectivity index (χ3n) is 3.26. The molecule has 0 radical (unpaired) electrons. The smallest absolute Gasteiger partial charge is 0.311 e. The number of amides is 1. The van der Waals surface area contributed by atoms with E-state index in [2.05, 4.69) is 0 Å². The summed E-state index contributed by atoms with van der Waals surface area (Å²) in [7, 11) is 1.61. The van der Waals surface area contributed by atoms with Crippen molar-refractivity contribution in [1.82, 2.24) is 0 Å². The molecule has 1 atom stereocenters. The van der Waals surface area contributed by atoms with Gasteiger partial charge in [-0.25, -0.2) is 0 Å². The fraction of sp³-hybridized carbons (Fsp3) is 0.467. The van der Waals surface area contributed by atoms with Crippen molar-refractivity contribution in [3.05, 3.63) is 30.3 Å². The Bertz CT molecular complexity index is 460. The maximum Gasteiger partial charge on any atom is 0.311 e. The van der Waals surface area contributed by atoms with Gasteiger partial charge < -0.3 is 14.4 Å². The van der Waals surface area contributed by atoms with E-state index in [0.717, 1.165) is 5.69 Å². The van der Waals surface area contributed by atoms with Gasteiger partial charge in [-0.2, -0.15) is 0 Å². The van der Waals surface area contributed by atoms with Gasteiger partial charge in [0.25, 0.3) is 0 Å². The molecule has 108 valence electrons. The number of benzene rings is 1. The van der Waals surface area contributed by atoms with Crippen molar-refractivity contribution in [3.8, 4) is 0 Å². The molecular weight excluding hydrogens is 258 g/mol. The minimum Gasteiger partial charge on any atom is -0.465 e. The molecular formula is C15H19NO4. The number of nitrogens with zero attached hydrogens (tertiary/aromatic N) is 1. The minimum absolute atomic E-state index is 0.0324. The van der Waals surface area contributed by atoms with Crippen molar-refractivity contribution in [2.75, 3.05) is 31.8 Å². The second kappa shape index (κ2) is 7.05. The molecule has 0 aliphatic carbocycles. The molecule has 1 aliphatic heterocycles. The van der Waals surface area contributed by atoms with Gasteiger partial charge in [-0.1, -0.05) is 18.2 Å². The zero-order valence-electron chi connectivity index (χ0n) is 11.6. The average molecular weight is 277 g/mol. The van der Waals surface area contributed by atoms with Crippen LogP contribution in [0.15, 0.2) is 30.3 Å². The quantitative estimate of drug-likeness (QED) is 0.585. The molecule has 5 heteroatoms. The van der Waals surface area contributed by atoms with Crippen LogP contribution in [0.3, 0.4) is 0 Å². The van der Waals surface area contributed by atoms with E-state index in [1.165, 1.54) is 0 Å². The normalized spacial score (nSPS) is 18.4. The first kappa shape index (κ1) is 14.5. The zero-order valence-corrected chi connectivity index (χ0v) is 11.6. The summed E-state index contributed by atoms with van der Waals surface area (Å²) in [6.07, 6.45) is 0.892. The molecule has 2 rings (SSSR count). The molecule has 5 nitrogen and oxygen atoms in total. The van der Waals surface area contributed by atoms with E-state index in [1.54, 1.807) is 12.0 Å². The Morgan fingerprint density at radius 1 is 1.30 bits per heavy atom. The molecule has 1 aliphatic rings. The summed E-state index contributed by atoms with van der Waals surface area (Å²) in [5, 5.41) is 0. The van der Waals surface area contributed by atoms with E-state index in [1.807, 2.05) is 30.3 Å². The van der Waals surface area contributed by atoms with Crippen LogP contribution < -0.4 is 4.90 Å². The highest BCUT2D eigenvalue weighted by molar-refractivity contribution is 5.99. The highest BCUT2D eigenvalue weighted by Gasteiger charge is 2.35. The molecule has 1 amide bonds. The van der Waals surface area contributed by atoms with Crippen molar-refractivity contribution in [3.63, 3.8) is 0 Å². The highest BCUT2D eigenvalue weighted by atomic mass is 16.5. The number of hydrogen-bond donors (Lipinski definition) is 0. The van der Waals surface area contributed by atoms with E-state index in [4.69, 9.17) is 9.47 Å². The van der Waals surface area contributed by atoms with Gasteiger partial charge in [-0.15, -0.1) is 0 Å². The standard InChI is InChI=1S/C15H19NO4/c1-19-8-5-9-20-15(18)12-10-14(17)16(11-12)13-6-3-2-4-7-13/h2-4,6-7,12H,5,8-11H2,1H3/t12-/m0/s1. The Kier molecular flexibility index (Phi) is 5.12. The number of methoxy groups -OCH3 is 1. The lowest BCUT2D eigenvalue weighted by Crippen LogP contribution is -2.26. The molecule has 20 heavy (non-hydrogen) atoms. The van der Waals surface area contributed by atoms with Crippen LogP contribution in [0, 0.1) is 5.92 Å². The van der Waals surface area contributed by atoms with Crippen LogP contribution in [0.25, 0.3) is 0 Å². The number of carbonyl (C=O) groups is 2. The van der Waals surface area contributed by atoms with Crippen LogP contribution in [-0.4, -0.2) is 38.7 Å². The number of anilines is 1. The molecule has 0 saturated carbocycles. The highest BCUT2D eigenvalue weighted by Crippen LogP contribution is 2.25. The van der Waals surface area contributed by atoms with Crippen LogP contribution >= 0.6 is 0 Å². The van der Waals surface area contributed by atoms with E-state index >= 15 is 0 Å². The SMILES string of the molecule is COCCCOC(=O)[C@H]1CC(=O)N(c2ccccc2)C1. The fourth-order valence-corrected chi connectivity index (χ4v) is 2.22. The Balaban J connectivity index is 1.87. The van der Waals surface area contributed by atoms with Crippen molar-refractivity contribution in [2.45, 2.75) is 12.8 Å². The summed E-state index contributed by atoms with van der Waals surface area (Å²) >= 11 is 0. The van der Waals surface area contributed by atoms with Crippen LogP contribution in [-0.2, 0) is 19.1 Å². The number of para-hydroxylation sites is 1. The third-order valence-corrected chi connectivity index (χ3v) is 3.26. The fourth-order valence-electron chi connectivity index (χ4n) is 2.22. The van der Waals surface area contributed by atoms with E-state index < -0.39 is 0 Å². The Labute approximate surface area is 118 Å². The summed E-state index contributed by atoms with van der Waals surface area (Å²) in [4.78, 5) is 25.5. The summed E-state index contributed by atoms with van der Waals surface area (Å²) in [6.45, 7) is 1.29. The Morgan fingerprint density at radius 2 is 2.05 bits per heavy atom. The van der Waals surface area contributed by atoms with Gasteiger partial charge in [0.05, 0.1) is 12.5 Å². The van der Waals surface area contributed by atoms with E-state index in [-0.39, 0.29) is 24.2 Å². The summed E-state index contributed by atoms with van der Waals surface area (Å²) in [5.74, 6) is -0.701. The molecule has 1 aromatic carbocycles. The minimum atomic E-state index is -0.370.